The Balaban J connectivity index is 1.45. The molecule has 0 amide bonds. The lowest BCUT2D eigenvalue weighted by atomic mass is 9.98. The summed E-state index contributed by atoms with van der Waals surface area (Å²) in [6.45, 7) is 2.86. The summed E-state index contributed by atoms with van der Waals surface area (Å²) in [6.07, 6.45) is 1.41. The van der Waals surface area contributed by atoms with E-state index in [4.69, 9.17) is 4.74 Å². The molecule has 1 fully saturated rings. The van der Waals surface area contributed by atoms with Gasteiger partial charge in [0.15, 0.2) is 5.65 Å². The van der Waals surface area contributed by atoms with E-state index in [0.29, 0.717) is 41.2 Å². The second-order valence-electron chi connectivity index (χ2n) is 8.29. The van der Waals surface area contributed by atoms with Crippen LogP contribution in [0.15, 0.2) is 61.2 Å². The molecule has 0 saturated carbocycles. The van der Waals surface area contributed by atoms with Crippen molar-refractivity contribution in [3.63, 3.8) is 0 Å². The van der Waals surface area contributed by atoms with Crippen molar-refractivity contribution < 1.29 is 18.6 Å². The van der Waals surface area contributed by atoms with E-state index < -0.39 is 17.7 Å². The number of benzene rings is 2. The van der Waals surface area contributed by atoms with Crippen molar-refractivity contribution >= 4 is 22.2 Å². The van der Waals surface area contributed by atoms with Crippen LogP contribution in [0.3, 0.4) is 0 Å². The minimum atomic E-state index is -1.38. The quantitative estimate of drug-likeness (QED) is 0.426. The Labute approximate surface area is 198 Å². The molecule has 1 N–H and O–H groups in total. The number of fused-ring (bicyclic) bond motifs is 2. The smallest absolute Gasteiger partial charge is 0.160 e. The average Bonchev–Trinajstić information content (AvgIpc) is 3.38. The fourth-order valence-electron chi connectivity index (χ4n) is 4.49. The van der Waals surface area contributed by atoms with E-state index in [9.17, 15) is 9.50 Å². The summed E-state index contributed by atoms with van der Waals surface area (Å²) in [5, 5.41) is 19.5. The molecule has 0 aliphatic carbocycles. The molecule has 2 aromatic carbocycles. The van der Waals surface area contributed by atoms with E-state index in [-0.39, 0.29) is 11.1 Å². The van der Waals surface area contributed by atoms with Gasteiger partial charge in [-0.05, 0) is 36.4 Å². The van der Waals surface area contributed by atoms with Crippen LogP contribution in [0.1, 0.15) is 17.4 Å². The lowest BCUT2D eigenvalue weighted by Crippen LogP contribution is -2.36. The van der Waals surface area contributed by atoms with Crippen LogP contribution in [0.25, 0.3) is 27.8 Å². The van der Waals surface area contributed by atoms with E-state index in [1.165, 1.54) is 18.7 Å². The first kappa shape index (κ1) is 21.5. The molecule has 8 nitrogen and oxygen atoms in total. The number of aromatic nitrogens is 5. The summed E-state index contributed by atoms with van der Waals surface area (Å²) in [7, 11) is 0. The normalized spacial score (nSPS) is 15.1. The van der Waals surface area contributed by atoms with Crippen molar-refractivity contribution in [3.8, 4) is 11.3 Å². The molecule has 5 aromatic rings. The van der Waals surface area contributed by atoms with Crippen molar-refractivity contribution in [2.24, 2.45) is 0 Å². The molecule has 1 saturated heterocycles. The van der Waals surface area contributed by atoms with Gasteiger partial charge >= 0.3 is 0 Å². The Hall–Kier alpha value is -4.02. The van der Waals surface area contributed by atoms with Crippen molar-refractivity contribution in [1.82, 2.24) is 24.6 Å². The second kappa shape index (κ2) is 8.64. The Morgan fingerprint density at radius 2 is 1.83 bits per heavy atom. The molecule has 1 unspecified atom stereocenters. The highest BCUT2D eigenvalue weighted by Crippen LogP contribution is 2.34. The number of nitrogens with zero attached hydrogens (tertiary/aromatic N) is 6. The van der Waals surface area contributed by atoms with E-state index in [1.807, 2.05) is 18.2 Å². The number of halogens is 2. The number of ether oxygens (including phenoxy) is 1. The van der Waals surface area contributed by atoms with E-state index in [0.717, 1.165) is 24.8 Å². The van der Waals surface area contributed by atoms with Crippen LogP contribution in [-0.2, 0) is 4.74 Å². The summed E-state index contributed by atoms with van der Waals surface area (Å²) in [5.41, 5.74) is 2.79. The van der Waals surface area contributed by atoms with Crippen LogP contribution < -0.4 is 4.90 Å². The molecule has 10 heteroatoms. The van der Waals surface area contributed by atoms with Gasteiger partial charge in [-0.15, -0.1) is 10.2 Å². The first-order chi connectivity index (χ1) is 17.1. The maximum atomic E-state index is 15.1. The molecule has 1 aliphatic heterocycles. The van der Waals surface area contributed by atoms with Gasteiger partial charge in [0.05, 0.1) is 30.1 Å². The summed E-state index contributed by atoms with van der Waals surface area (Å²) >= 11 is 0. The van der Waals surface area contributed by atoms with E-state index >= 15 is 4.39 Å². The Morgan fingerprint density at radius 1 is 0.971 bits per heavy atom. The first-order valence-electron chi connectivity index (χ1n) is 11.1. The summed E-state index contributed by atoms with van der Waals surface area (Å²) in [5.74, 6) is -1.64. The number of aliphatic hydroxyl groups is 1. The van der Waals surface area contributed by atoms with Gasteiger partial charge in [-0.3, -0.25) is 4.40 Å². The predicted octanol–water partition coefficient (Wildman–Crippen LogP) is 3.54. The Bertz CT molecular complexity index is 1550. The standard InChI is InChI=1S/C25H20F2N6O2/c26-19-12-20(27)18(25(34)22-2-1-3-23-31-30-14-33(22)23)11-17(19)24-16-5-4-15(10-21(16)28-13-29-24)32-6-8-35-9-7-32/h1-5,10-14,25,34H,6-9H2. The highest BCUT2D eigenvalue weighted by molar-refractivity contribution is 5.94. The van der Waals surface area contributed by atoms with Crippen molar-refractivity contribution in [2.75, 3.05) is 31.2 Å². The molecule has 1 atom stereocenters. The third kappa shape index (κ3) is 3.76. The van der Waals surface area contributed by atoms with Gasteiger partial charge in [0.2, 0.25) is 0 Å². The molecule has 4 heterocycles. The summed E-state index contributed by atoms with van der Waals surface area (Å²) in [6, 6.07) is 12.8. The largest absolute Gasteiger partial charge is 0.382 e. The van der Waals surface area contributed by atoms with Gasteiger partial charge in [-0.25, -0.2) is 18.7 Å². The Kier molecular flexibility index (Phi) is 5.31. The molecule has 1 aliphatic rings. The third-order valence-electron chi connectivity index (χ3n) is 6.28. The molecule has 0 spiro atoms. The number of hydrogen-bond acceptors (Lipinski definition) is 7. The van der Waals surface area contributed by atoms with Gasteiger partial charge in [-0.1, -0.05) is 6.07 Å². The molecule has 3 aromatic heterocycles. The van der Waals surface area contributed by atoms with Crippen LogP contribution in [0.4, 0.5) is 14.5 Å². The van der Waals surface area contributed by atoms with Crippen LogP contribution >= 0.6 is 0 Å². The molecule has 0 radical (unpaired) electrons. The number of rotatable bonds is 4. The topological polar surface area (TPSA) is 88.7 Å². The van der Waals surface area contributed by atoms with Crippen LogP contribution in [0.5, 0.6) is 0 Å². The number of anilines is 1. The summed E-state index contributed by atoms with van der Waals surface area (Å²) in [4.78, 5) is 10.9. The molecule has 35 heavy (non-hydrogen) atoms. The number of hydrogen-bond donors (Lipinski definition) is 1. The van der Waals surface area contributed by atoms with E-state index in [2.05, 4.69) is 25.1 Å². The summed E-state index contributed by atoms with van der Waals surface area (Å²) < 4.78 is 36.9. The average molecular weight is 474 g/mol. The maximum Gasteiger partial charge on any atom is 0.160 e. The fraction of sp³-hybridized carbons (Fsp3) is 0.200. The number of morpholine rings is 1. The Morgan fingerprint density at radius 3 is 2.69 bits per heavy atom. The SMILES string of the molecule is OC(c1cc(-c2ncnc3cc(N4CCOCC4)ccc23)c(F)cc1F)c1cccc2nncn12. The van der Waals surface area contributed by atoms with Crippen molar-refractivity contribution in [3.05, 3.63) is 84.1 Å². The van der Waals surface area contributed by atoms with E-state index in [1.54, 1.807) is 22.6 Å². The van der Waals surface area contributed by atoms with Gasteiger partial charge in [0, 0.05) is 41.4 Å². The van der Waals surface area contributed by atoms with Crippen LogP contribution in [0.2, 0.25) is 0 Å². The zero-order chi connectivity index (χ0) is 23.9. The molecule has 0 bridgehead atoms. The molecular weight excluding hydrogens is 454 g/mol. The highest BCUT2D eigenvalue weighted by atomic mass is 19.1. The predicted molar refractivity (Wildman–Crippen MR) is 125 cm³/mol. The van der Waals surface area contributed by atoms with Gasteiger partial charge < -0.3 is 14.7 Å². The second-order valence-corrected chi connectivity index (χ2v) is 8.29. The van der Waals surface area contributed by atoms with Gasteiger partial charge in [0.25, 0.3) is 0 Å². The fourth-order valence-corrected chi connectivity index (χ4v) is 4.49. The lowest BCUT2D eigenvalue weighted by Gasteiger charge is -2.29. The number of aliphatic hydroxyl groups excluding tert-OH is 1. The number of pyridine rings is 1. The zero-order valence-electron chi connectivity index (χ0n) is 18.5. The monoisotopic (exact) mass is 474 g/mol. The van der Waals surface area contributed by atoms with Gasteiger partial charge in [-0.2, -0.15) is 0 Å². The van der Waals surface area contributed by atoms with Crippen molar-refractivity contribution in [1.29, 1.82) is 0 Å². The maximum absolute atomic E-state index is 15.1. The first-order valence-corrected chi connectivity index (χ1v) is 11.1. The van der Waals surface area contributed by atoms with Gasteiger partial charge in [0.1, 0.15) is 30.4 Å². The zero-order valence-corrected chi connectivity index (χ0v) is 18.5. The lowest BCUT2D eigenvalue weighted by molar-refractivity contribution is 0.122. The molecule has 176 valence electrons. The van der Waals surface area contributed by atoms with Crippen LogP contribution in [0, 0.1) is 11.6 Å². The molecule has 6 rings (SSSR count). The minimum Gasteiger partial charge on any atom is -0.382 e. The molecular formula is C25H20F2N6O2. The van der Waals surface area contributed by atoms with Crippen LogP contribution in [-0.4, -0.2) is 56.0 Å². The highest BCUT2D eigenvalue weighted by Gasteiger charge is 2.23. The van der Waals surface area contributed by atoms with Crippen molar-refractivity contribution in [2.45, 2.75) is 6.10 Å². The minimum absolute atomic E-state index is 0.0721. The third-order valence-corrected chi connectivity index (χ3v) is 6.28.